The lowest BCUT2D eigenvalue weighted by molar-refractivity contribution is -0.122. The Bertz CT molecular complexity index is 684. The molecule has 0 spiro atoms. The van der Waals surface area contributed by atoms with E-state index in [1.807, 2.05) is 12.3 Å². The molecule has 2 aromatic rings. The maximum absolute atomic E-state index is 12.1. The highest BCUT2D eigenvalue weighted by Gasteiger charge is 2.29. The summed E-state index contributed by atoms with van der Waals surface area (Å²) in [5, 5.41) is 14.5. The van der Waals surface area contributed by atoms with Crippen LogP contribution in [0, 0.1) is 6.92 Å². The van der Waals surface area contributed by atoms with E-state index in [2.05, 4.69) is 29.4 Å². The molecule has 0 aliphatic heterocycles. The lowest BCUT2D eigenvalue weighted by Gasteiger charge is -2.32. The Morgan fingerprint density at radius 2 is 2.09 bits per heavy atom. The first kappa shape index (κ1) is 16.1. The highest BCUT2D eigenvalue weighted by atomic mass is 16.3. The van der Waals surface area contributed by atoms with Crippen LogP contribution < -0.4 is 5.32 Å². The van der Waals surface area contributed by atoms with Gasteiger partial charge in [0, 0.05) is 30.1 Å². The molecule has 0 atom stereocenters. The van der Waals surface area contributed by atoms with Crippen molar-refractivity contribution < 1.29 is 9.90 Å². The minimum atomic E-state index is -0.689. The van der Waals surface area contributed by atoms with Gasteiger partial charge < -0.3 is 15.4 Å². The van der Waals surface area contributed by atoms with E-state index in [1.165, 1.54) is 22.9 Å². The van der Waals surface area contributed by atoms with Crippen LogP contribution in [-0.4, -0.2) is 28.1 Å². The molecule has 1 heterocycles. The first-order valence-electron chi connectivity index (χ1n) is 8.62. The number of benzene rings is 1. The second-order valence-electron chi connectivity index (χ2n) is 6.87. The molecule has 0 radical (unpaired) electrons. The third-order valence-corrected chi connectivity index (χ3v) is 5.03. The first-order chi connectivity index (χ1) is 11.1. The summed E-state index contributed by atoms with van der Waals surface area (Å²) in [6.45, 7) is 2.47. The minimum absolute atomic E-state index is 0.0194. The molecule has 3 N–H and O–H groups in total. The number of fused-ring (bicyclic) bond motifs is 1. The number of carbonyl (C=O) groups excluding carboxylic acids is 1. The van der Waals surface area contributed by atoms with Gasteiger partial charge in [-0.1, -0.05) is 37.5 Å². The smallest absolute Gasteiger partial charge is 0.220 e. The van der Waals surface area contributed by atoms with Crippen LogP contribution in [0.3, 0.4) is 0 Å². The molecule has 23 heavy (non-hydrogen) atoms. The summed E-state index contributed by atoms with van der Waals surface area (Å²) in [5.41, 5.74) is 2.86. The van der Waals surface area contributed by atoms with Gasteiger partial charge in [-0.25, -0.2) is 0 Å². The quantitative estimate of drug-likeness (QED) is 0.793. The van der Waals surface area contributed by atoms with Crippen molar-refractivity contribution in [1.29, 1.82) is 0 Å². The maximum Gasteiger partial charge on any atom is 0.220 e. The van der Waals surface area contributed by atoms with Crippen molar-refractivity contribution in [3.05, 3.63) is 35.5 Å². The number of aromatic amines is 1. The predicted molar refractivity (Wildman–Crippen MR) is 92.4 cm³/mol. The number of para-hydroxylation sites is 1. The van der Waals surface area contributed by atoms with E-state index in [0.29, 0.717) is 19.4 Å². The van der Waals surface area contributed by atoms with Crippen LogP contribution in [0.4, 0.5) is 0 Å². The number of hydrogen-bond acceptors (Lipinski definition) is 2. The number of amides is 1. The highest BCUT2D eigenvalue weighted by molar-refractivity contribution is 5.86. The summed E-state index contributed by atoms with van der Waals surface area (Å²) < 4.78 is 0. The lowest BCUT2D eigenvalue weighted by atomic mass is 9.85. The van der Waals surface area contributed by atoms with Gasteiger partial charge in [0.1, 0.15) is 0 Å². The molecule has 1 aromatic carbocycles. The number of aromatic nitrogens is 1. The summed E-state index contributed by atoms with van der Waals surface area (Å²) in [5.74, 6) is 0.0194. The largest absolute Gasteiger partial charge is 0.388 e. The van der Waals surface area contributed by atoms with Crippen molar-refractivity contribution in [2.75, 3.05) is 6.54 Å². The summed E-state index contributed by atoms with van der Waals surface area (Å²) in [7, 11) is 0. The van der Waals surface area contributed by atoms with Crippen LogP contribution in [0.5, 0.6) is 0 Å². The Kier molecular flexibility index (Phi) is 4.71. The zero-order valence-corrected chi connectivity index (χ0v) is 13.8. The van der Waals surface area contributed by atoms with Gasteiger partial charge in [-0.15, -0.1) is 0 Å². The molecule has 1 amide bonds. The van der Waals surface area contributed by atoms with Gasteiger partial charge in [-0.2, -0.15) is 0 Å². The molecule has 3 rings (SSSR count). The van der Waals surface area contributed by atoms with Gasteiger partial charge in [0.2, 0.25) is 5.91 Å². The molecule has 1 aliphatic rings. The van der Waals surface area contributed by atoms with Gasteiger partial charge in [-0.3, -0.25) is 4.79 Å². The van der Waals surface area contributed by atoms with Crippen molar-refractivity contribution in [3.8, 4) is 0 Å². The van der Waals surface area contributed by atoms with Crippen LogP contribution in [0.15, 0.2) is 24.4 Å². The second kappa shape index (κ2) is 6.75. The van der Waals surface area contributed by atoms with Crippen molar-refractivity contribution >= 4 is 16.8 Å². The Morgan fingerprint density at radius 3 is 2.87 bits per heavy atom. The number of hydrogen-bond donors (Lipinski definition) is 3. The average Bonchev–Trinajstić information content (AvgIpc) is 2.96. The molecule has 1 aromatic heterocycles. The topological polar surface area (TPSA) is 65.1 Å². The first-order valence-corrected chi connectivity index (χ1v) is 8.62. The fourth-order valence-electron chi connectivity index (χ4n) is 3.56. The maximum atomic E-state index is 12.1. The van der Waals surface area contributed by atoms with Gasteiger partial charge in [0.15, 0.2) is 0 Å². The molecule has 124 valence electrons. The molecule has 1 saturated carbocycles. The number of carbonyl (C=O) groups is 1. The monoisotopic (exact) mass is 314 g/mol. The van der Waals surface area contributed by atoms with Crippen LogP contribution >= 0.6 is 0 Å². The summed E-state index contributed by atoms with van der Waals surface area (Å²) in [4.78, 5) is 15.4. The minimum Gasteiger partial charge on any atom is -0.388 e. The molecule has 4 nitrogen and oxygen atoms in total. The zero-order chi connectivity index (χ0) is 16.3. The molecule has 0 saturated heterocycles. The van der Waals surface area contributed by atoms with Crippen LogP contribution in [-0.2, 0) is 11.2 Å². The molecule has 1 aliphatic carbocycles. The number of aryl methyl sites for hydroxylation is 2. The molecular formula is C19H26N2O2. The van der Waals surface area contributed by atoms with Crippen molar-refractivity contribution in [2.45, 2.75) is 57.5 Å². The third kappa shape index (κ3) is 3.75. The summed E-state index contributed by atoms with van der Waals surface area (Å²) >= 11 is 0. The Morgan fingerprint density at radius 1 is 1.30 bits per heavy atom. The summed E-state index contributed by atoms with van der Waals surface area (Å²) in [6.07, 6.45) is 8.08. The Balaban J connectivity index is 1.53. The highest BCUT2D eigenvalue weighted by Crippen LogP contribution is 2.27. The number of H-pyrrole nitrogens is 1. The second-order valence-corrected chi connectivity index (χ2v) is 6.87. The number of aliphatic hydroxyl groups is 1. The van der Waals surface area contributed by atoms with Crippen LogP contribution in [0.2, 0.25) is 0 Å². The zero-order valence-electron chi connectivity index (χ0n) is 13.8. The molecular weight excluding hydrogens is 288 g/mol. The molecule has 0 unspecified atom stereocenters. The third-order valence-electron chi connectivity index (χ3n) is 5.03. The molecule has 1 fully saturated rings. The summed E-state index contributed by atoms with van der Waals surface area (Å²) in [6, 6.07) is 6.23. The number of rotatable bonds is 5. The molecule has 4 heteroatoms. The van der Waals surface area contributed by atoms with E-state index in [-0.39, 0.29) is 5.91 Å². The van der Waals surface area contributed by atoms with E-state index in [9.17, 15) is 9.90 Å². The van der Waals surface area contributed by atoms with Gasteiger partial charge in [0.25, 0.3) is 0 Å². The predicted octanol–water partition coefficient (Wildman–Crippen LogP) is 3.22. The van der Waals surface area contributed by atoms with Crippen LogP contribution in [0.1, 0.15) is 49.7 Å². The molecule has 0 bridgehead atoms. The van der Waals surface area contributed by atoms with Gasteiger partial charge in [0.05, 0.1) is 5.60 Å². The average molecular weight is 314 g/mol. The standard InChI is InChI=1S/C19H26N2O2/c1-14-6-5-7-16-15(12-20-18(14)16)8-9-17(22)21-13-19(23)10-3-2-4-11-19/h5-7,12,20,23H,2-4,8-11,13H2,1H3,(H,21,22). The number of nitrogens with one attached hydrogen (secondary N) is 2. The SMILES string of the molecule is Cc1cccc2c(CCC(=O)NCC3(O)CCCCC3)c[nH]c12. The fourth-order valence-corrected chi connectivity index (χ4v) is 3.56. The van der Waals surface area contributed by atoms with Crippen molar-refractivity contribution in [3.63, 3.8) is 0 Å². The van der Waals surface area contributed by atoms with Crippen LogP contribution in [0.25, 0.3) is 10.9 Å². The van der Waals surface area contributed by atoms with E-state index in [1.54, 1.807) is 0 Å². The van der Waals surface area contributed by atoms with Crippen molar-refractivity contribution in [2.24, 2.45) is 0 Å². The van der Waals surface area contributed by atoms with Gasteiger partial charge in [-0.05, 0) is 37.3 Å². The van der Waals surface area contributed by atoms with E-state index >= 15 is 0 Å². The van der Waals surface area contributed by atoms with E-state index < -0.39 is 5.60 Å². The fraction of sp³-hybridized carbons (Fsp3) is 0.526. The van der Waals surface area contributed by atoms with Crippen molar-refractivity contribution in [1.82, 2.24) is 10.3 Å². The van der Waals surface area contributed by atoms with E-state index in [4.69, 9.17) is 0 Å². The van der Waals surface area contributed by atoms with E-state index in [0.717, 1.165) is 31.2 Å². The normalized spacial score (nSPS) is 17.3. The lowest BCUT2D eigenvalue weighted by Crippen LogP contribution is -2.44. The van der Waals surface area contributed by atoms with Gasteiger partial charge >= 0.3 is 0 Å². The Labute approximate surface area is 137 Å². The Hall–Kier alpha value is -1.81.